The van der Waals surface area contributed by atoms with Gasteiger partial charge in [-0.25, -0.2) is 9.59 Å². The van der Waals surface area contributed by atoms with Crippen LogP contribution in [-0.2, 0) is 14.3 Å². The summed E-state index contributed by atoms with van der Waals surface area (Å²) in [6, 6.07) is 6.48. The predicted molar refractivity (Wildman–Crippen MR) is 116 cm³/mol. The lowest BCUT2D eigenvalue weighted by Gasteiger charge is -2.34. The molecule has 1 aromatic rings. The maximum Gasteiger partial charge on any atom is 0.414 e. The number of hydrogen-bond donors (Lipinski definition) is 3. The molecule has 3 N–H and O–H groups in total. The Bertz CT molecular complexity index is 838. The van der Waals surface area contributed by atoms with Crippen LogP contribution in [0.25, 0.3) is 0 Å². The molecule has 0 bridgehead atoms. The third kappa shape index (κ3) is 6.41. The monoisotopic (exact) mass is 447 g/mol. The number of carbonyl (C=O) groups excluding carboxylic acids is 2. The van der Waals surface area contributed by atoms with Gasteiger partial charge in [0.15, 0.2) is 0 Å². The van der Waals surface area contributed by atoms with Crippen molar-refractivity contribution in [2.75, 3.05) is 57.3 Å². The molecule has 11 nitrogen and oxygen atoms in total. The summed E-state index contributed by atoms with van der Waals surface area (Å²) in [5, 5.41) is 18.4. The number of carbonyl (C=O) groups is 3. The van der Waals surface area contributed by atoms with Crippen molar-refractivity contribution < 1.29 is 29.0 Å². The van der Waals surface area contributed by atoms with Gasteiger partial charge < -0.3 is 14.6 Å². The number of ether oxygens (including phenoxy) is 2. The second kappa shape index (κ2) is 10.9. The number of nitrogens with zero attached hydrogens (tertiary/aromatic N) is 3. The summed E-state index contributed by atoms with van der Waals surface area (Å²) in [7, 11) is 0. The van der Waals surface area contributed by atoms with Crippen molar-refractivity contribution in [2.45, 2.75) is 19.4 Å². The van der Waals surface area contributed by atoms with Gasteiger partial charge in [-0.3, -0.25) is 30.2 Å². The zero-order valence-electron chi connectivity index (χ0n) is 18.1. The van der Waals surface area contributed by atoms with E-state index in [0.29, 0.717) is 37.5 Å². The molecule has 1 aromatic carbocycles. The first-order chi connectivity index (χ1) is 15.4. The number of amides is 2. The molecule has 11 heteroatoms. The summed E-state index contributed by atoms with van der Waals surface area (Å²) in [5.74, 6) is -0.427. The van der Waals surface area contributed by atoms with Gasteiger partial charge in [-0.2, -0.15) is 0 Å². The number of esters is 1. The van der Waals surface area contributed by atoms with Gasteiger partial charge in [-0.05, 0) is 30.7 Å². The van der Waals surface area contributed by atoms with E-state index in [-0.39, 0.29) is 17.9 Å². The molecule has 2 heterocycles. The molecule has 32 heavy (non-hydrogen) atoms. The van der Waals surface area contributed by atoms with Crippen LogP contribution in [0.15, 0.2) is 24.3 Å². The highest BCUT2D eigenvalue weighted by atomic mass is 16.6. The zero-order valence-corrected chi connectivity index (χ0v) is 18.1. The second-order valence-electron chi connectivity index (χ2n) is 7.77. The summed E-state index contributed by atoms with van der Waals surface area (Å²) >= 11 is 0. The average molecular weight is 447 g/mol. The summed E-state index contributed by atoms with van der Waals surface area (Å²) in [4.78, 5) is 40.6. The first kappa shape index (κ1) is 23.5. The molecule has 2 fully saturated rings. The highest BCUT2D eigenvalue weighted by Crippen LogP contribution is 2.23. The van der Waals surface area contributed by atoms with Gasteiger partial charge >= 0.3 is 18.2 Å². The Balaban J connectivity index is 1.46. The van der Waals surface area contributed by atoms with E-state index < -0.39 is 12.2 Å². The molecule has 3 rings (SSSR count). The fraction of sp³-hybridized carbons (Fsp3) is 0.524. The van der Waals surface area contributed by atoms with Crippen molar-refractivity contribution in [3.63, 3.8) is 0 Å². The van der Waals surface area contributed by atoms with E-state index in [1.807, 2.05) is 12.2 Å². The van der Waals surface area contributed by atoms with Crippen LogP contribution in [0.2, 0.25) is 0 Å². The minimum Gasteiger partial charge on any atom is -0.465 e. The van der Waals surface area contributed by atoms with Crippen molar-refractivity contribution in [2.24, 2.45) is 0 Å². The van der Waals surface area contributed by atoms with Crippen molar-refractivity contribution in [1.82, 2.24) is 15.1 Å². The predicted octanol–water partition coefficient (Wildman–Crippen LogP) is 1.18. The normalized spacial score (nSPS) is 19.5. The lowest BCUT2D eigenvalue weighted by Crippen LogP contribution is -2.50. The van der Waals surface area contributed by atoms with Gasteiger partial charge in [0.1, 0.15) is 11.9 Å². The Kier molecular flexibility index (Phi) is 8.01. The van der Waals surface area contributed by atoms with Crippen LogP contribution in [-0.4, -0.2) is 97.4 Å². The van der Waals surface area contributed by atoms with Crippen molar-refractivity contribution in [3.8, 4) is 0 Å². The molecule has 2 saturated heterocycles. The van der Waals surface area contributed by atoms with Crippen LogP contribution in [0.3, 0.4) is 0 Å². The first-order valence-corrected chi connectivity index (χ1v) is 10.6. The van der Waals surface area contributed by atoms with E-state index >= 15 is 0 Å². The van der Waals surface area contributed by atoms with Crippen molar-refractivity contribution >= 4 is 29.7 Å². The Morgan fingerprint density at radius 1 is 1.19 bits per heavy atom. The molecule has 0 aromatic heterocycles. The van der Waals surface area contributed by atoms with Gasteiger partial charge in [0.05, 0.1) is 19.7 Å². The molecule has 174 valence electrons. The molecule has 1 unspecified atom stereocenters. The Morgan fingerprint density at radius 2 is 1.84 bits per heavy atom. The molecule has 0 spiro atoms. The molecule has 0 aliphatic carbocycles. The number of piperazine rings is 1. The van der Waals surface area contributed by atoms with Crippen LogP contribution < -0.4 is 10.2 Å². The lowest BCUT2D eigenvalue weighted by atomic mass is 10.1. The molecular formula is C21H29N5O6. The number of rotatable bonds is 8. The lowest BCUT2D eigenvalue weighted by molar-refractivity contribution is -0.145. The molecule has 0 saturated carbocycles. The van der Waals surface area contributed by atoms with E-state index in [1.54, 1.807) is 24.3 Å². The summed E-state index contributed by atoms with van der Waals surface area (Å²) in [6.07, 6.45) is -1.19. The fourth-order valence-electron chi connectivity index (χ4n) is 3.68. The average Bonchev–Trinajstić information content (AvgIpc) is 3.13. The number of amidine groups is 1. The van der Waals surface area contributed by atoms with Crippen LogP contribution in [0, 0.1) is 5.41 Å². The van der Waals surface area contributed by atoms with Crippen LogP contribution in [0.5, 0.6) is 0 Å². The summed E-state index contributed by atoms with van der Waals surface area (Å²) in [5.41, 5.74) is 1.02. The molecule has 1 atom stereocenters. The number of anilines is 1. The van der Waals surface area contributed by atoms with Crippen molar-refractivity contribution in [3.05, 3.63) is 29.8 Å². The van der Waals surface area contributed by atoms with E-state index in [1.165, 1.54) is 4.90 Å². The van der Waals surface area contributed by atoms with Crippen LogP contribution in [0.1, 0.15) is 18.9 Å². The Hall–Kier alpha value is -3.18. The third-order valence-electron chi connectivity index (χ3n) is 5.32. The molecule has 0 radical (unpaired) electrons. The summed E-state index contributed by atoms with van der Waals surface area (Å²) in [6.45, 7) is 6.80. The molecular weight excluding hydrogens is 418 g/mol. The van der Waals surface area contributed by atoms with Crippen LogP contribution >= 0.6 is 0 Å². The smallest absolute Gasteiger partial charge is 0.414 e. The molecule has 2 aliphatic heterocycles. The quantitative estimate of drug-likeness (QED) is 0.307. The van der Waals surface area contributed by atoms with Gasteiger partial charge in [-0.1, -0.05) is 6.92 Å². The minimum atomic E-state index is -1.30. The largest absolute Gasteiger partial charge is 0.465 e. The fourth-order valence-corrected chi connectivity index (χ4v) is 3.68. The summed E-state index contributed by atoms with van der Waals surface area (Å²) < 4.78 is 10.7. The van der Waals surface area contributed by atoms with Gasteiger partial charge in [-0.15, -0.1) is 0 Å². The number of hydrogen-bond acceptors (Lipinski definition) is 8. The van der Waals surface area contributed by atoms with E-state index in [2.05, 4.69) is 9.80 Å². The van der Waals surface area contributed by atoms with Gasteiger partial charge in [0.2, 0.25) is 0 Å². The number of benzene rings is 1. The van der Waals surface area contributed by atoms with Gasteiger partial charge in [0, 0.05) is 44.0 Å². The number of nitrogens with one attached hydrogen (secondary N) is 2. The second-order valence-corrected chi connectivity index (χ2v) is 7.77. The third-order valence-corrected chi connectivity index (χ3v) is 5.32. The highest BCUT2D eigenvalue weighted by molar-refractivity contribution is 6.04. The van der Waals surface area contributed by atoms with E-state index in [9.17, 15) is 14.4 Å². The number of cyclic esters (lactones) is 1. The highest BCUT2D eigenvalue weighted by Gasteiger charge is 2.34. The van der Waals surface area contributed by atoms with Crippen LogP contribution in [0.4, 0.5) is 15.3 Å². The maximum absolute atomic E-state index is 12.3. The zero-order chi connectivity index (χ0) is 23.1. The SMILES string of the molecule is CCCOC(=O)CN1CCN(CC2CN(c3ccc(C(=N)NC(=O)O)cc3)C(=O)O2)CC1. The first-order valence-electron chi connectivity index (χ1n) is 10.6. The van der Waals surface area contributed by atoms with E-state index in [4.69, 9.17) is 20.0 Å². The minimum absolute atomic E-state index is 0.194. The molecule has 2 amide bonds. The standard InChI is InChI=1S/C21H29N5O6/c1-2-11-31-18(27)14-25-9-7-24(8-10-25)12-17-13-26(21(30)32-17)16-5-3-15(4-6-16)19(22)23-20(28)29/h3-6,17H,2,7-14H2,1H3,(H2,22,23)(H,28,29). The van der Waals surface area contributed by atoms with Gasteiger partial charge in [0.25, 0.3) is 0 Å². The maximum atomic E-state index is 12.3. The van der Waals surface area contributed by atoms with E-state index in [0.717, 1.165) is 32.6 Å². The number of carboxylic acid groups (broad SMARTS) is 1. The van der Waals surface area contributed by atoms with Crippen molar-refractivity contribution in [1.29, 1.82) is 5.41 Å². The topological polar surface area (TPSA) is 136 Å². The Morgan fingerprint density at radius 3 is 2.47 bits per heavy atom. The molecule has 2 aliphatic rings. The Labute approximate surface area is 186 Å².